The van der Waals surface area contributed by atoms with Gasteiger partial charge in [0.15, 0.2) is 0 Å². The molecule has 0 spiro atoms. The van der Waals surface area contributed by atoms with Crippen LogP contribution in [0.1, 0.15) is 18.1 Å². The number of rotatable bonds is 4. The van der Waals surface area contributed by atoms with Crippen LogP contribution in [0, 0.1) is 13.8 Å². The third-order valence-electron chi connectivity index (χ3n) is 2.99. The van der Waals surface area contributed by atoms with Crippen LogP contribution >= 0.6 is 11.6 Å². The average molecular weight is 284 g/mol. The third-order valence-corrected chi connectivity index (χ3v) is 3.22. The zero-order valence-electron chi connectivity index (χ0n) is 11.6. The van der Waals surface area contributed by atoms with Gasteiger partial charge in [0.25, 0.3) is 0 Å². The molecule has 1 aromatic rings. The van der Waals surface area contributed by atoms with Crippen molar-refractivity contribution in [3.63, 3.8) is 0 Å². The number of alkyl halides is 1. The van der Waals surface area contributed by atoms with Gasteiger partial charge in [-0.15, -0.1) is 11.6 Å². The number of para-hydroxylation sites is 1. The number of ether oxygens (including phenoxy) is 1. The molecule has 0 aliphatic rings. The van der Waals surface area contributed by atoms with E-state index in [9.17, 15) is 9.59 Å². The maximum atomic E-state index is 12.1. The molecule has 0 saturated carbocycles. The van der Waals surface area contributed by atoms with E-state index in [1.807, 2.05) is 32.0 Å². The highest BCUT2D eigenvalue weighted by Crippen LogP contribution is 2.27. The predicted molar refractivity (Wildman–Crippen MR) is 75.6 cm³/mol. The zero-order chi connectivity index (χ0) is 14.6. The molecule has 0 unspecified atom stereocenters. The Morgan fingerprint density at radius 3 is 2.26 bits per heavy atom. The second-order valence-electron chi connectivity index (χ2n) is 4.34. The molecule has 104 valence electrons. The van der Waals surface area contributed by atoms with E-state index in [0.717, 1.165) is 11.1 Å². The molecule has 0 heterocycles. The fourth-order valence-electron chi connectivity index (χ4n) is 2.06. The molecule has 5 heteroatoms. The second-order valence-corrected chi connectivity index (χ2v) is 4.60. The van der Waals surface area contributed by atoms with Crippen molar-refractivity contribution in [1.82, 2.24) is 0 Å². The lowest BCUT2D eigenvalue weighted by molar-refractivity contribution is -0.142. The van der Waals surface area contributed by atoms with Crippen LogP contribution in [-0.4, -0.2) is 30.9 Å². The van der Waals surface area contributed by atoms with E-state index in [-0.39, 0.29) is 11.8 Å². The lowest BCUT2D eigenvalue weighted by Gasteiger charge is -2.29. The number of methoxy groups -OCH3 is 1. The summed E-state index contributed by atoms with van der Waals surface area (Å²) in [5.41, 5.74) is 2.54. The molecule has 0 radical (unpaired) electrons. The standard InChI is InChI=1S/C14H18ClNO3/c1-9-6-5-7-10(2)13(9)16(12(17)8-15)11(3)14(18)19-4/h5-7,11H,8H2,1-4H3/t11-/m0/s1. The third kappa shape index (κ3) is 3.26. The van der Waals surface area contributed by atoms with Crippen LogP contribution in [-0.2, 0) is 14.3 Å². The number of esters is 1. The van der Waals surface area contributed by atoms with Gasteiger partial charge in [-0.05, 0) is 31.9 Å². The van der Waals surface area contributed by atoms with Crippen LogP contribution in [0.25, 0.3) is 0 Å². The first-order valence-electron chi connectivity index (χ1n) is 5.96. The smallest absolute Gasteiger partial charge is 0.328 e. The van der Waals surface area contributed by atoms with Crippen LogP contribution in [0.4, 0.5) is 5.69 Å². The minimum atomic E-state index is -0.712. The van der Waals surface area contributed by atoms with Gasteiger partial charge in [-0.2, -0.15) is 0 Å². The van der Waals surface area contributed by atoms with Crippen molar-refractivity contribution in [2.75, 3.05) is 17.9 Å². The Balaban J connectivity index is 3.32. The molecule has 1 rings (SSSR count). The number of hydrogen-bond donors (Lipinski definition) is 0. The summed E-state index contributed by atoms with van der Waals surface area (Å²) in [5, 5.41) is 0. The quantitative estimate of drug-likeness (QED) is 0.630. The molecule has 1 amide bonds. The Hall–Kier alpha value is -1.55. The summed E-state index contributed by atoms with van der Waals surface area (Å²) in [6.45, 7) is 5.41. The minimum Gasteiger partial charge on any atom is -0.467 e. The molecule has 0 N–H and O–H groups in total. The van der Waals surface area contributed by atoms with Gasteiger partial charge in [-0.3, -0.25) is 9.69 Å². The van der Waals surface area contributed by atoms with Crippen LogP contribution in [0.2, 0.25) is 0 Å². The lowest BCUT2D eigenvalue weighted by Crippen LogP contribution is -2.45. The van der Waals surface area contributed by atoms with Crippen molar-refractivity contribution in [2.24, 2.45) is 0 Å². The zero-order valence-corrected chi connectivity index (χ0v) is 12.3. The highest BCUT2D eigenvalue weighted by molar-refractivity contribution is 6.29. The van der Waals surface area contributed by atoms with E-state index in [2.05, 4.69) is 0 Å². The monoisotopic (exact) mass is 283 g/mol. The van der Waals surface area contributed by atoms with E-state index in [4.69, 9.17) is 16.3 Å². The van der Waals surface area contributed by atoms with Crippen molar-refractivity contribution in [3.05, 3.63) is 29.3 Å². The summed E-state index contributed by atoms with van der Waals surface area (Å²) in [4.78, 5) is 25.2. The van der Waals surface area contributed by atoms with E-state index in [1.165, 1.54) is 12.0 Å². The Morgan fingerprint density at radius 1 is 1.32 bits per heavy atom. The molecule has 1 aromatic carbocycles. The minimum absolute atomic E-state index is 0.185. The number of hydrogen-bond acceptors (Lipinski definition) is 3. The normalized spacial score (nSPS) is 11.8. The maximum absolute atomic E-state index is 12.1. The maximum Gasteiger partial charge on any atom is 0.328 e. The molecule has 19 heavy (non-hydrogen) atoms. The predicted octanol–water partition coefficient (Wildman–Crippen LogP) is 2.44. The van der Waals surface area contributed by atoms with Crippen molar-refractivity contribution < 1.29 is 14.3 Å². The molecular formula is C14H18ClNO3. The molecule has 0 aliphatic carbocycles. The lowest BCUT2D eigenvalue weighted by atomic mass is 10.1. The highest BCUT2D eigenvalue weighted by Gasteiger charge is 2.29. The average Bonchev–Trinajstić information content (AvgIpc) is 2.40. The van der Waals surface area contributed by atoms with E-state index >= 15 is 0 Å². The number of benzene rings is 1. The summed E-state index contributed by atoms with van der Waals surface area (Å²) in [6.07, 6.45) is 0. The van der Waals surface area contributed by atoms with Crippen molar-refractivity contribution in [2.45, 2.75) is 26.8 Å². The van der Waals surface area contributed by atoms with Gasteiger partial charge >= 0.3 is 5.97 Å². The topological polar surface area (TPSA) is 46.6 Å². The van der Waals surface area contributed by atoms with Crippen molar-refractivity contribution in [3.8, 4) is 0 Å². The molecule has 0 bridgehead atoms. The summed E-state index contributed by atoms with van der Waals surface area (Å²) in [6, 6.07) is 4.97. The van der Waals surface area contributed by atoms with Gasteiger partial charge in [0.1, 0.15) is 11.9 Å². The summed E-state index contributed by atoms with van der Waals surface area (Å²) >= 11 is 5.65. The Labute approximate surface area is 118 Å². The van der Waals surface area contributed by atoms with E-state index in [1.54, 1.807) is 6.92 Å². The van der Waals surface area contributed by atoms with E-state index in [0.29, 0.717) is 5.69 Å². The fraction of sp³-hybridized carbons (Fsp3) is 0.429. The number of amides is 1. The van der Waals surface area contributed by atoms with Crippen LogP contribution in [0.15, 0.2) is 18.2 Å². The molecule has 0 saturated heterocycles. The molecular weight excluding hydrogens is 266 g/mol. The molecule has 0 fully saturated rings. The van der Waals surface area contributed by atoms with Crippen LogP contribution in [0.5, 0.6) is 0 Å². The van der Waals surface area contributed by atoms with Gasteiger partial charge in [-0.25, -0.2) is 4.79 Å². The number of anilines is 1. The molecule has 0 aliphatic heterocycles. The number of carbonyl (C=O) groups excluding carboxylic acids is 2. The molecule has 1 atom stereocenters. The first kappa shape index (κ1) is 15.5. The Morgan fingerprint density at radius 2 is 1.84 bits per heavy atom. The van der Waals surface area contributed by atoms with Crippen molar-refractivity contribution in [1.29, 1.82) is 0 Å². The second kappa shape index (κ2) is 6.57. The number of aryl methyl sites for hydroxylation is 2. The summed E-state index contributed by atoms with van der Waals surface area (Å²) in [5.74, 6) is -0.979. The Kier molecular flexibility index (Phi) is 5.36. The summed E-state index contributed by atoms with van der Waals surface area (Å²) in [7, 11) is 1.30. The van der Waals surface area contributed by atoms with Gasteiger partial charge in [0, 0.05) is 0 Å². The Bertz CT molecular complexity index is 467. The molecule has 0 aromatic heterocycles. The van der Waals surface area contributed by atoms with Gasteiger partial charge in [-0.1, -0.05) is 18.2 Å². The fourth-order valence-corrected chi connectivity index (χ4v) is 2.19. The van der Waals surface area contributed by atoms with Gasteiger partial charge in [0.05, 0.1) is 12.8 Å². The number of halogens is 1. The van der Waals surface area contributed by atoms with Crippen molar-refractivity contribution >= 4 is 29.2 Å². The van der Waals surface area contributed by atoms with Gasteiger partial charge in [0.2, 0.25) is 5.91 Å². The van der Waals surface area contributed by atoms with Crippen LogP contribution < -0.4 is 4.90 Å². The SMILES string of the molecule is COC(=O)[C@H](C)N(C(=O)CCl)c1c(C)cccc1C. The van der Waals surface area contributed by atoms with Crippen LogP contribution in [0.3, 0.4) is 0 Å². The summed E-state index contributed by atoms with van der Waals surface area (Å²) < 4.78 is 4.71. The van der Waals surface area contributed by atoms with E-state index < -0.39 is 12.0 Å². The van der Waals surface area contributed by atoms with Gasteiger partial charge < -0.3 is 4.74 Å². The number of carbonyl (C=O) groups is 2. The first-order valence-corrected chi connectivity index (χ1v) is 6.49. The largest absolute Gasteiger partial charge is 0.467 e. The number of nitrogens with zero attached hydrogens (tertiary/aromatic N) is 1. The highest BCUT2D eigenvalue weighted by atomic mass is 35.5. The molecule has 4 nitrogen and oxygen atoms in total. The first-order chi connectivity index (χ1) is 8.93.